The Morgan fingerprint density at radius 1 is 1.19 bits per heavy atom. The van der Waals surface area contributed by atoms with Crippen LogP contribution < -0.4 is 5.56 Å². The molecule has 0 radical (unpaired) electrons. The van der Waals surface area contributed by atoms with Crippen molar-refractivity contribution in [1.82, 2.24) is 14.5 Å². The van der Waals surface area contributed by atoms with Gasteiger partial charge in [0.05, 0.1) is 21.5 Å². The summed E-state index contributed by atoms with van der Waals surface area (Å²) < 4.78 is 7.51. The van der Waals surface area contributed by atoms with Gasteiger partial charge in [-0.25, -0.2) is 9.97 Å². The first-order valence-electron chi connectivity index (χ1n) is 8.30. The van der Waals surface area contributed by atoms with Crippen LogP contribution >= 0.6 is 23.1 Å². The molecule has 0 saturated heterocycles. The van der Waals surface area contributed by atoms with Crippen LogP contribution in [-0.2, 0) is 12.3 Å². The zero-order chi connectivity index (χ0) is 18.1. The van der Waals surface area contributed by atoms with E-state index in [1.165, 1.54) is 11.8 Å². The molecule has 4 aromatic rings. The molecule has 132 valence electrons. The number of hydrogen-bond donors (Lipinski definition) is 0. The number of hydrogen-bond acceptors (Lipinski definition) is 6. The van der Waals surface area contributed by atoms with Crippen LogP contribution in [-0.4, -0.2) is 14.5 Å². The van der Waals surface area contributed by atoms with Crippen LogP contribution in [0.2, 0.25) is 0 Å². The van der Waals surface area contributed by atoms with Crippen LogP contribution in [0.5, 0.6) is 0 Å². The van der Waals surface area contributed by atoms with Gasteiger partial charge in [0.2, 0.25) is 5.89 Å². The molecule has 0 aliphatic carbocycles. The first kappa shape index (κ1) is 17.1. The number of nitrogens with zero attached hydrogens (tertiary/aromatic N) is 3. The normalized spacial score (nSPS) is 11.3. The van der Waals surface area contributed by atoms with Gasteiger partial charge in [-0.15, -0.1) is 11.3 Å². The topological polar surface area (TPSA) is 60.9 Å². The molecular weight excluding hydrogens is 366 g/mol. The van der Waals surface area contributed by atoms with Gasteiger partial charge in [0, 0.05) is 12.3 Å². The molecule has 5 nitrogen and oxygen atoms in total. The van der Waals surface area contributed by atoms with E-state index in [1.54, 1.807) is 15.9 Å². The molecule has 0 unspecified atom stereocenters. The summed E-state index contributed by atoms with van der Waals surface area (Å²) in [6.45, 7) is 4.45. The smallest absolute Gasteiger partial charge is 0.262 e. The lowest BCUT2D eigenvalue weighted by molar-refractivity contribution is 0.542. The SMILES string of the molecule is CCn1c(SCc2nc(-c3cccs3)oc2C)nc2ccccc2c1=O. The lowest BCUT2D eigenvalue weighted by atomic mass is 10.2. The zero-order valence-electron chi connectivity index (χ0n) is 14.4. The molecule has 0 saturated carbocycles. The molecule has 1 aromatic carbocycles. The van der Waals surface area contributed by atoms with Crippen molar-refractivity contribution in [2.45, 2.75) is 31.3 Å². The Hall–Kier alpha value is -2.38. The fourth-order valence-electron chi connectivity index (χ4n) is 2.74. The molecule has 3 aromatic heterocycles. The molecule has 0 aliphatic rings. The van der Waals surface area contributed by atoms with Gasteiger partial charge in [-0.3, -0.25) is 9.36 Å². The summed E-state index contributed by atoms with van der Waals surface area (Å²) in [7, 11) is 0. The van der Waals surface area contributed by atoms with E-state index in [9.17, 15) is 4.79 Å². The van der Waals surface area contributed by atoms with Gasteiger partial charge in [-0.05, 0) is 37.4 Å². The first-order chi connectivity index (χ1) is 12.7. The van der Waals surface area contributed by atoms with Gasteiger partial charge in [-0.2, -0.15) is 0 Å². The Bertz CT molecular complexity index is 1110. The average molecular weight is 383 g/mol. The summed E-state index contributed by atoms with van der Waals surface area (Å²) in [5.74, 6) is 2.05. The van der Waals surface area contributed by atoms with Crippen molar-refractivity contribution in [3.8, 4) is 10.8 Å². The number of oxazole rings is 1. The van der Waals surface area contributed by atoms with Crippen molar-refractivity contribution in [1.29, 1.82) is 0 Å². The van der Waals surface area contributed by atoms with E-state index in [4.69, 9.17) is 4.42 Å². The molecule has 7 heteroatoms. The van der Waals surface area contributed by atoms with Gasteiger partial charge >= 0.3 is 0 Å². The van der Waals surface area contributed by atoms with Crippen molar-refractivity contribution < 1.29 is 4.42 Å². The predicted octanol–water partition coefficient (Wildman–Crippen LogP) is 4.73. The van der Waals surface area contributed by atoms with Gasteiger partial charge in [0.1, 0.15) is 5.76 Å². The van der Waals surface area contributed by atoms with E-state index in [2.05, 4.69) is 9.97 Å². The second-order valence-electron chi connectivity index (χ2n) is 5.75. The van der Waals surface area contributed by atoms with Crippen molar-refractivity contribution in [3.05, 3.63) is 63.6 Å². The summed E-state index contributed by atoms with van der Waals surface area (Å²) >= 11 is 3.11. The molecule has 0 amide bonds. The van der Waals surface area contributed by atoms with Gasteiger partial charge in [-0.1, -0.05) is 30.0 Å². The monoisotopic (exact) mass is 383 g/mol. The highest BCUT2D eigenvalue weighted by molar-refractivity contribution is 7.98. The van der Waals surface area contributed by atoms with Crippen LogP contribution in [0.4, 0.5) is 0 Å². The number of thiophene rings is 1. The maximum atomic E-state index is 12.7. The fraction of sp³-hybridized carbons (Fsp3) is 0.211. The minimum Gasteiger partial charge on any atom is -0.440 e. The third-order valence-corrected chi connectivity index (χ3v) is 5.95. The highest BCUT2D eigenvalue weighted by atomic mass is 32.2. The maximum Gasteiger partial charge on any atom is 0.262 e. The summed E-state index contributed by atoms with van der Waals surface area (Å²) in [4.78, 5) is 23.0. The molecule has 0 fully saturated rings. The Labute approximate surface area is 158 Å². The molecule has 4 rings (SSSR count). The van der Waals surface area contributed by atoms with E-state index >= 15 is 0 Å². The summed E-state index contributed by atoms with van der Waals surface area (Å²) in [5.41, 5.74) is 1.60. The molecule has 0 bridgehead atoms. The molecular formula is C19H17N3O2S2. The number of para-hydroxylation sites is 1. The molecule has 0 N–H and O–H groups in total. The minimum atomic E-state index is -0.00301. The van der Waals surface area contributed by atoms with E-state index < -0.39 is 0 Å². The lowest BCUT2D eigenvalue weighted by Gasteiger charge is -2.10. The third-order valence-electron chi connectivity index (χ3n) is 4.11. The Morgan fingerprint density at radius 3 is 2.81 bits per heavy atom. The molecule has 0 spiro atoms. The molecule has 0 atom stereocenters. The molecule has 0 aliphatic heterocycles. The fourth-order valence-corrected chi connectivity index (χ4v) is 4.45. The quantitative estimate of drug-likeness (QED) is 0.368. The Kier molecular flexibility index (Phi) is 4.65. The maximum absolute atomic E-state index is 12.7. The third kappa shape index (κ3) is 3.08. The first-order valence-corrected chi connectivity index (χ1v) is 10.2. The van der Waals surface area contributed by atoms with E-state index in [1.807, 2.05) is 55.6 Å². The number of rotatable bonds is 5. The molecule has 26 heavy (non-hydrogen) atoms. The van der Waals surface area contributed by atoms with Gasteiger partial charge in [0.15, 0.2) is 5.16 Å². The summed E-state index contributed by atoms with van der Waals surface area (Å²) in [6.07, 6.45) is 0. The zero-order valence-corrected chi connectivity index (χ0v) is 16.1. The van der Waals surface area contributed by atoms with Crippen LogP contribution in [0.25, 0.3) is 21.7 Å². The van der Waals surface area contributed by atoms with Crippen LogP contribution in [0.1, 0.15) is 18.4 Å². The number of aromatic nitrogens is 3. The van der Waals surface area contributed by atoms with Crippen LogP contribution in [0.15, 0.2) is 56.1 Å². The van der Waals surface area contributed by atoms with Crippen molar-refractivity contribution >= 4 is 34.0 Å². The number of fused-ring (bicyclic) bond motifs is 1. The van der Waals surface area contributed by atoms with E-state index in [-0.39, 0.29) is 5.56 Å². The van der Waals surface area contributed by atoms with Gasteiger partial charge in [0.25, 0.3) is 5.56 Å². The Balaban J connectivity index is 1.65. The standard InChI is InChI=1S/C19H17N3O2S2/c1-3-22-18(23)13-7-4-5-8-14(13)21-19(22)26-11-15-12(2)24-17(20-15)16-9-6-10-25-16/h4-10H,3,11H2,1-2H3. The predicted molar refractivity (Wildman–Crippen MR) is 106 cm³/mol. The highest BCUT2D eigenvalue weighted by Crippen LogP contribution is 2.29. The Morgan fingerprint density at radius 2 is 2.04 bits per heavy atom. The second kappa shape index (κ2) is 7.09. The van der Waals surface area contributed by atoms with E-state index in [0.29, 0.717) is 28.7 Å². The lowest BCUT2D eigenvalue weighted by Crippen LogP contribution is -2.22. The second-order valence-corrected chi connectivity index (χ2v) is 7.64. The summed E-state index contributed by atoms with van der Waals surface area (Å²) in [6, 6.07) is 11.4. The number of aryl methyl sites for hydroxylation is 1. The van der Waals surface area contributed by atoms with Crippen molar-refractivity contribution in [3.63, 3.8) is 0 Å². The van der Waals surface area contributed by atoms with Crippen LogP contribution in [0.3, 0.4) is 0 Å². The highest BCUT2D eigenvalue weighted by Gasteiger charge is 2.15. The largest absolute Gasteiger partial charge is 0.440 e. The van der Waals surface area contributed by atoms with Crippen molar-refractivity contribution in [2.24, 2.45) is 0 Å². The van der Waals surface area contributed by atoms with Crippen LogP contribution in [0, 0.1) is 6.92 Å². The molecule has 3 heterocycles. The average Bonchev–Trinajstić information content (AvgIpc) is 3.30. The summed E-state index contributed by atoms with van der Waals surface area (Å²) in [5, 5.41) is 3.36. The minimum absolute atomic E-state index is 0.00301. The van der Waals surface area contributed by atoms with E-state index in [0.717, 1.165) is 21.8 Å². The number of thioether (sulfide) groups is 1. The number of benzene rings is 1. The van der Waals surface area contributed by atoms with Crippen molar-refractivity contribution in [2.75, 3.05) is 0 Å². The van der Waals surface area contributed by atoms with Gasteiger partial charge < -0.3 is 4.42 Å².